The van der Waals surface area contributed by atoms with Gasteiger partial charge in [-0.1, -0.05) is 0 Å². The topological polar surface area (TPSA) is 0 Å². The van der Waals surface area contributed by atoms with Crippen LogP contribution >= 0.6 is 11.6 Å². The summed E-state index contributed by atoms with van der Waals surface area (Å²) in [6.45, 7) is 2.12. The quantitative estimate of drug-likeness (QED) is 0.742. The third kappa shape index (κ3) is 3.24. The van der Waals surface area contributed by atoms with Crippen molar-refractivity contribution < 1.29 is 0 Å². The van der Waals surface area contributed by atoms with E-state index in [4.69, 9.17) is 11.6 Å². The maximum absolute atomic E-state index is 5.85. The molecule has 0 aliphatic rings. The second-order valence-corrected chi connectivity index (χ2v) is 7.08. The maximum atomic E-state index is 5.85. The number of hydrogen-bond acceptors (Lipinski definition) is 0. The van der Waals surface area contributed by atoms with Crippen LogP contribution in [0.3, 0.4) is 0 Å². The van der Waals surface area contributed by atoms with Crippen LogP contribution < -0.4 is 7.22 Å². The van der Waals surface area contributed by atoms with E-state index in [1.165, 1.54) is 12.8 Å². The van der Waals surface area contributed by atoms with Gasteiger partial charge in [0.15, 0.2) is 0 Å². The molecular formula is C13H11ClTe. The molecule has 0 radical (unpaired) electrons. The third-order valence-corrected chi connectivity index (χ3v) is 5.22. The fourth-order valence-electron chi connectivity index (χ4n) is 1.25. The summed E-state index contributed by atoms with van der Waals surface area (Å²) in [5.74, 6) is 0. The molecule has 2 rings (SSSR count). The Morgan fingerprint density at radius 3 is 1.80 bits per heavy atom. The molecule has 76 valence electrons. The molecule has 0 heterocycles. The fraction of sp³-hybridized carbons (Fsp3) is 0.0769. The van der Waals surface area contributed by atoms with Crippen LogP contribution in [-0.4, -0.2) is 20.9 Å². The zero-order chi connectivity index (χ0) is 10.7. The summed E-state index contributed by atoms with van der Waals surface area (Å²) < 4.78 is 2.89. The first kappa shape index (κ1) is 11.0. The van der Waals surface area contributed by atoms with Gasteiger partial charge in [0.05, 0.1) is 0 Å². The number of halogens is 1. The van der Waals surface area contributed by atoms with E-state index in [1.54, 1.807) is 0 Å². The van der Waals surface area contributed by atoms with Gasteiger partial charge in [0.2, 0.25) is 0 Å². The standard InChI is InChI=1S/C13H11ClTe/c1-10-2-6-12(7-3-10)15-13-8-4-11(14)5-9-13/h2-9H,1H3. The summed E-state index contributed by atoms with van der Waals surface area (Å²) in [4.78, 5) is 0. The summed E-state index contributed by atoms with van der Waals surface area (Å²) >= 11 is 5.61. The van der Waals surface area contributed by atoms with E-state index in [-0.39, 0.29) is 20.9 Å². The van der Waals surface area contributed by atoms with E-state index in [1.807, 2.05) is 12.1 Å². The van der Waals surface area contributed by atoms with Gasteiger partial charge in [0.1, 0.15) is 0 Å². The summed E-state index contributed by atoms with van der Waals surface area (Å²) in [6, 6.07) is 17.0. The molecule has 0 bridgehead atoms. The molecule has 0 aromatic heterocycles. The van der Waals surface area contributed by atoms with Crippen LogP contribution in [0.2, 0.25) is 5.02 Å². The summed E-state index contributed by atoms with van der Waals surface area (Å²) in [5.41, 5.74) is 1.32. The minimum atomic E-state index is -0.242. The molecule has 0 nitrogen and oxygen atoms in total. The van der Waals surface area contributed by atoms with Crippen LogP contribution in [0, 0.1) is 6.92 Å². The van der Waals surface area contributed by atoms with Crippen molar-refractivity contribution in [2.45, 2.75) is 6.92 Å². The van der Waals surface area contributed by atoms with Crippen LogP contribution in [0.4, 0.5) is 0 Å². The Hall–Kier alpha value is -0.480. The monoisotopic (exact) mass is 332 g/mol. The van der Waals surface area contributed by atoms with Gasteiger partial charge < -0.3 is 0 Å². The van der Waals surface area contributed by atoms with Crippen LogP contribution in [0.1, 0.15) is 5.56 Å². The van der Waals surface area contributed by atoms with Gasteiger partial charge in [-0.15, -0.1) is 0 Å². The molecule has 0 spiro atoms. The van der Waals surface area contributed by atoms with Gasteiger partial charge in [-0.05, 0) is 0 Å². The number of hydrogen-bond donors (Lipinski definition) is 0. The first-order chi connectivity index (χ1) is 7.24. The van der Waals surface area contributed by atoms with Crippen LogP contribution in [0.5, 0.6) is 0 Å². The molecule has 0 aliphatic heterocycles. The number of rotatable bonds is 2. The number of aryl methyl sites for hydroxylation is 1. The number of benzene rings is 2. The Balaban J connectivity index is 2.15. The van der Waals surface area contributed by atoms with E-state index < -0.39 is 0 Å². The zero-order valence-corrected chi connectivity index (χ0v) is 11.5. The Morgan fingerprint density at radius 2 is 1.27 bits per heavy atom. The molecule has 0 amide bonds. The fourth-order valence-corrected chi connectivity index (χ4v) is 3.70. The van der Waals surface area contributed by atoms with Crippen molar-refractivity contribution in [3.63, 3.8) is 0 Å². The Kier molecular flexibility index (Phi) is 3.70. The van der Waals surface area contributed by atoms with Gasteiger partial charge in [0.25, 0.3) is 0 Å². The average molecular weight is 330 g/mol. The van der Waals surface area contributed by atoms with E-state index >= 15 is 0 Å². The van der Waals surface area contributed by atoms with Gasteiger partial charge >= 0.3 is 106 Å². The summed E-state index contributed by atoms with van der Waals surface area (Å²) in [7, 11) is 0. The van der Waals surface area contributed by atoms with Crippen molar-refractivity contribution in [2.75, 3.05) is 0 Å². The Bertz CT molecular complexity index is 388. The van der Waals surface area contributed by atoms with Gasteiger partial charge in [0, 0.05) is 0 Å². The molecular weight excluding hydrogens is 319 g/mol. The molecule has 0 fully saturated rings. The molecule has 0 saturated heterocycles. The first-order valence-electron chi connectivity index (χ1n) is 4.74. The summed E-state index contributed by atoms with van der Waals surface area (Å²) in [6.07, 6.45) is 0. The molecule has 0 aliphatic carbocycles. The molecule has 2 aromatic rings. The SMILES string of the molecule is Cc1ccc([Te]c2ccc(Cl)cc2)cc1. The molecule has 0 N–H and O–H groups in total. The van der Waals surface area contributed by atoms with Crippen molar-refractivity contribution in [2.24, 2.45) is 0 Å². The summed E-state index contributed by atoms with van der Waals surface area (Å²) in [5, 5.41) is 0.815. The molecule has 0 atom stereocenters. The molecule has 15 heavy (non-hydrogen) atoms. The van der Waals surface area contributed by atoms with Crippen LogP contribution in [0.15, 0.2) is 48.5 Å². The van der Waals surface area contributed by atoms with E-state index in [0.29, 0.717) is 0 Å². The van der Waals surface area contributed by atoms with Crippen LogP contribution in [0.25, 0.3) is 0 Å². The second kappa shape index (κ2) is 5.03. The molecule has 0 saturated carbocycles. The van der Waals surface area contributed by atoms with Crippen molar-refractivity contribution in [3.05, 3.63) is 59.1 Å². The van der Waals surface area contributed by atoms with E-state index in [2.05, 4.69) is 43.3 Å². The normalized spacial score (nSPS) is 10.3. The van der Waals surface area contributed by atoms with Crippen molar-refractivity contribution >= 4 is 39.7 Å². The van der Waals surface area contributed by atoms with Crippen molar-refractivity contribution in [1.29, 1.82) is 0 Å². The van der Waals surface area contributed by atoms with Crippen molar-refractivity contribution in [1.82, 2.24) is 0 Å². The predicted molar refractivity (Wildman–Crippen MR) is 67.7 cm³/mol. The van der Waals surface area contributed by atoms with E-state index in [0.717, 1.165) is 5.02 Å². The van der Waals surface area contributed by atoms with E-state index in [9.17, 15) is 0 Å². The Labute approximate surface area is 105 Å². The molecule has 2 heteroatoms. The van der Waals surface area contributed by atoms with Crippen LogP contribution in [-0.2, 0) is 0 Å². The molecule has 2 aromatic carbocycles. The van der Waals surface area contributed by atoms with Gasteiger partial charge in [-0.3, -0.25) is 0 Å². The predicted octanol–water partition coefficient (Wildman–Crippen LogP) is 2.30. The van der Waals surface area contributed by atoms with Gasteiger partial charge in [-0.25, -0.2) is 0 Å². The minimum absolute atomic E-state index is 0.242. The average Bonchev–Trinajstić information content (AvgIpc) is 2.25. The third-order valence-electron chi connectivity index (χ3n) is 2.07. The second-order valence-electron chi connectivity index (χ2n) is 3.37. The van der Waals surface area contributed by atoms with Gasteiger partial charge in [-0.2, -0.15) is 0 Å². The zero-order valence-electron chi connectivity index (χ0n) is 8.41. The van der Waals surface area contributed by atoms with Crippen molar-refractivity contribution in [3.8, 4) is 0 Å². The first-order valence-corrected chi connectivity index (χ1v) is 7.45. The molecule has 0 unspecified atom stereocenters. The Morgan fingerprint density at radius 1 is 0.800 bits per heavy atom.